The molecule has 1 N–H and O–H groups in total. The van der Waals surface area contributed by atoms with Crippen LogP contribution in [-0.2, 0) is 9.59 Å². The van der Waals surface area contributed by atoms with E-state index in [0.717, 1.165) is 35.0 Å². The van der Waals surface area contributed by atoms with Gasteiger partial charge in [0.2, 0.25) is 11.8 Å². The molecular weight excluding hydrogens is 514 g/mol. The van der Waals surface area contributed by atoms with E-state index in [1.54, 1.807) is 11.8 Å². The number of aryl methyl sites for hydroxylation is 1. The number of rotatable bonds is 5. The number of anilines is 2. The van der Waals surface area contributed by atoms with Gasteiger partial charge in [0.25, 0.3) is 0 Å². The SMILES string of the molecule is CCN(CC)c1ccc([C@H]2c3sc(=O)[nH]c3S[C@@H]3[C@H]4C[C@@H]([C@@H]5C(=O)N(c6ccc(C)cc6)C(=O)[C@H]45)[C@@H]23)cc1. The highest BCUT2D eigenvalue weighted by Gasteiger charge is 2.69. The molecule has 2 aliphatic heterocycles. The van der Waals surface area contributed by atoms with Gasteiger partial charge in [-0.1, -0.05) is 41.2 Å². The molecule has 2 amide bonds. The van der Waals surface area contributed by atoms with Crippen molar-refractivity contribution in [2.45, 2.75) is 43.4 Å². The molecule has 7 atom stereocenters. The molecule has 2 aromatic carbocycles. The molecule has 4 aliphatic rings. The Kier molecular flexibility index (Phi) is 5.64. The first-order valence-electron chi connectivity index (χ1n) is 13.6. The van der Waals surface area contributed by atoms with Gasteiger partial charge in [-0.3, -0.25) is 19.3 Å². The summed E-state index contributed by atoms with van der Waals surface area (Å²) in [6.07, 6.45) is 0.907. The lowest BCUT2D eigenvalue weighted by Crippen LogP contribution is -2.42. The summed E-state index contributed by atoms with van der Waals surface area (Å²) in [5.74, 6) is -0.0698. The second-order valence-corrected chi connectivity index (χ2v) is 13.3. The van der Waals surface area contributed by atoms with Crippen LogP contribution in [0.5, 0.6) is 0 Å². The predicted molar refractivity (Wildman–Crippen MR) is 152 cm³/mol. The first-order valence-corrected chi connectivity index (χ1v) is 15.3. The summed E-state index contributed by atoms with van der Waals surface area (Å²) in [7, 11) is 0. The van der Waals surface area contributed by atoms with Gasteiger partial charge in [-0.15, -0.1) is 11.8 Å². The number of carbonyl (C=O) groups excluding carboxylic acids is 2. The Bertz CT molecular complexity index is 1470. The molecule has 7 rings (SSSR count). The summed E-state index contributed by atoms with van der Waals surface area (Å²) < 4.78 is 0. The van der Waals surface area contributed by atoms with E-state index in [1.807, 2.05) is 31.2 Å². The van der Waals surface area contributed by atoms with E-state index in [4.69, 9.17) is 0 Å². The highest BCUT2D eigenvalue weighted by Crippen LogP contribution is 2.68. The van der Waals surface area contributed by atoms with Crippen molar-refractivity contribution in [3.05, 3.63) is 74.2 Å². The van der Waals surface area contributed by atoms with Crippen LogP contribution in [0.2, 0.25) is 0 Å². The minimum absolute atomic E-state index is 0.0301. The van der Waals surface area contributed by atoms with Crippen molar-refractivity contribution in [3.63, 3.8) is 0 Å². The number of hydrogen-bond donors (Lipinski definition) is 1. The van der Waals surface area contributed by atoms with E-state index >= 15 is 0 Å². The first kappa shape index (κ1) is 24.2. The minimum Gasteiger partial charge on any atom is -0.372 e. The Hall–Kier alpha value is -2.84. The van der Waals surface area contributed by atoms with Crippen molar-refractivity contribution >= 4 is 46.3 Å². The zero-order valence-corrected chi connectivity index (χ0v) is 23.4. The van der Waals surface area contributed by atoms with Crippen LogP contribution in [0.15, 0.2) is 58.4 Å². The molecule has 1 saturated heterocycles. The van der Waals surface area contributed by atoms with Gasteiger partial charge in [0.1, 0.15) is 0 Å². The number of carbonyl (C=O) groups is 2. The normalized spacial score (nSPS) is 30.9. The molecule has 3 heterocycles. The van der Waals surface area contributed by atoms with Gasteiger partial charge in [0, 0.05) is 34.8 Å². The molecular formula is C30H31N3O3S2. The van der Waals surface area contributed by atoms with Crippen LogP contribution in [0.25, 0.3) is 0 Å². The summed E-state index contributed by atoms with van der Waals surface area (Å²) >= 11 is 3.05. The van der Waals surface area contributed by atoms with Crippen molar-refractivity contribution in [1.29, 1.82) is 0 Å². The van der Waals surface area contributed by atoms with Gasteiger partial charge in [-0.25, -0.2) is 0 Å². The van der Waals surface area contributed by atoms with Crippen LogP contribution in [0.3, 0.4) is 0 Å². The van der Waals surface area contributed by atoms with Gasteiger partial charge in [-0.05, 0) is 74.8 Å². The molecule has 0 spiro atoms. The number of benzene rings is 2. The second-order valence-electron chi connectivity index (χ2n) is 11.1. The molecule has 1 aromatic heterocycles. The number of thiazole rings is 1. The van der Waals surface area contributed by atoms with Crippen molar-refractivity contribution < 1.29 is 9.59 Å². The van der Waals surface area contributed by atoms with Crippen LogP contribution in [0.4, 0.5) is 11.4 Å². The van der Waals surface area contributed by atoms with Gasteiger partial charge >= 0.3 is 4.87 Å². The molecule has 2 bridgehead atoms. The van der Waals surface area contributed by atoms with Gasteiger partial charge in [0.05, 0.1) is 22.5 Å². The lowest BCUT2D eigenvalue weighted by atomic mass is 9.68. The van der Waals surface area contributed by atoms with Gasteiger partial charge < -0.3 is 9.88 Å². The lowest BCUT2D eigenvalue weighted by molar-refractivity contribution is -0.123. The minimum atomic E-state index is -0.273. The van der Waals surface area contributed by atoms with Crippen molar-refractivity contribution in [2.75, 3.05) is 22.9 Å². The topological polar surface area (TPSA) is 73.5 Å². The summed E-state index contributed by atoms with van der Waals surface area (Å²) in [6.45, 7) is 8.23. The molecule has 0 radical (unpaired) electrons. The molecule has 0 unspecified atom stereocenters. The van der Waals surface area contributed by atoms with Crippen molar-refractivity contribution in [3.8, 4) is 0 Å². The number of hydrogen-bond acceptors (Lipinski definition) is 6. The Morgan fingerprint density at radius 3 is 2.24 bits per heavy atom. The van der Waals surface area contributed by atoms with Crippen LogP contribution in [-0.4, -0.2) is 35.1 Å². The van der Waals surface area contributed by atoms with Crippen LogP contribution in [0, 0.1) is 36.5 Å². The third-order valence-corrected chi connectivity index (χ3v) is 12.0. The third kappa shape index (κ3) is 3.35. The molecule has 196 valence electrons. The number of aromatic amines is 1. The van der Waals surface area contributed by atoms with E-state index in [1.165, 1.54) is 27.5 Å². The average Bonchev–Trinajstić information content (AvgIpc) is 3.65. The van der Waals surface area contributed by atoms with Crippen molar-refractivity contribution in [2.24, 2.45) is 29.6 Å². The van der Waals surface area contributed by atoms with Crippen LogP contribution < -0.4 is 14.7 Å². The second kappa shape index (κ2) is 8.85. The lowest BCUT2D eigenvalue weighted by Gasteiger charge is -2.43. The molecule has 6 nitrogen and oxygen atoms in total. The fraction of sp³-hybridized carbons (Fsp3) is 0.433. The Morgan fingerprint density at radius 2 is 1.58 bits per heavy atom. The number of H-pyrrole nitrogens is 1. The summed E-state index contributed by atoms with van der Waals surface area (Å²) in [5.41, 5.74) is 4.18. The number of thioether (sulfide) groups is 1. The van der Waals surface area contributed by atoms with Crippen molar-refractivity contribution in [1.82, 2.24) is 4.98 Å². The Morgan fingerprint density at radius 1 is 0.921 bits per heavy atom. The maximum atomic E-state index is 13.9. The molecule has 3 aromatic rings. The predicted octanol–water partition coefficient (Wildman–Crippen LogP) is 5.27. The number of aromatic nitrogens is 1. The van der Waals surface area contributed by atoms with Gasteiger partial charge in [-0.2, -0.15) is 0 Å². The fourth-order valence-corrected chi connectivity index (χ4v) is 10.7. The van der Waals surface area contributed by atoms with E-state index in [-0.39, 0.29) is 57.4 Å². The third-order valence-electron chi connectivity index (χ3n) is 9.40. The Labute approximate surface area is 230 Å². The fourth-order valence-electron chi connectivity index (χ4n) is 7.82. The molecule has 2 aliphatic carbocycles. The monoisotopic (exact) mass is 545 g/mol. The number of amides is 2. The first-order chi connectivity index (χ1) is 18.4. The number of nitrogens with zero attached hydrogens (tertiary/aromatic N) is 2. The van der Waals surface area contributed by atoms with Crippen LogP contribution in [0.1, 0.15) is 42.2 Å². The summed E-state index contributed by atoms with van der Waals surface area (Å²) in [4.78, 5) is 48.1. The molecule has 8 heteroatoms. The Balaban J connectivity index is 1.28. The highest BCUT2D eigenvalue weighted by molar-refractivity contribution is 8.00. The van der Waals surface area contributed by atoms with E-state index in [9.17, 15) is 14.4 Å². The quantitative estimate of drug-likeness (QED) is 0.443. The highest BCUT2D eigenvalue weighted by atomic mass is 32.2. The number of nitrogens with one attached hydrogen (secondary N) is 1. The van der Waals surface area contributed by atoms with Gasteiger partial charge in [0.15, 0.2) is 0 Å². The van der Waals surface area contributed by atoms with E-state index in [2.05, 4.69) is 48.0 Å². The zero-order chi connectivity index (χ0) is 26.3. The zero-order valence-electron chi connectivity index (χ0n) is 21.7. The molecule has 3 fully saturated rings. The maximum Gasteiger partial charge on any atom is 0.305 e. The summed E-state index contributed by atoms with van der Waals surface area (Å²) in [6, 6.07) is 16.5. The van der Waals surface area contributed by atoms with E-state index < -0.39 is 0 Å². The number of imide groups is 1. The largest absolute Gasteiger partial charge is 0.372 e. The smallest absolute Gasteiger partial charge is 0.305 e. The van der Waals surface area contributed by atoms with Crippen LogP contribution >= 0.6 is 23.1 Å². The molecule has 2 saturated carbocycles. The summed E-state index contributed by atoms with van der Waals surface area (Å²) in [5, 5.41) is 1.16. The van der Waals surface area contributed by atoms with E-state index in [0.29, 0.717) is 5.69 Å². The number of fused-ring (bicyclic) bond motifs is 9. The molecule has 38 heavy (non-hydrogen) atoms. The maximum absolute atomic E-state index is 13.9. The average molecular weight is 546 g/mol. The standard InChI is InChI=1S/C30H31N3O3S2/c1-4-32(5-2)17-12-8-16(9-13-17)21-22-19-14-20(25(22)37-27-26(21)38-30(36)31-27)24-23(19)28(34)33(29(24)35)18-10-6-15(3)7-11-18/h6-13,19-25H,4-5,14H2,1-3H3,(H,31,36)/t19-,20+,21-,22+,23+,24-,25-/m1/s1.